The molecule has 0 aromatic heterocycles. The van der Waals surface area contributed by atoms with Gasteiger partial charge in [-0.25, -0.2) is 0 Å². The van der Waals surface area contributed by atoms with Crippen LogP contribution in [0.2, 0.25) is 0 Å². The number of Topliss-reactive ketones (excluding diaryl/α,β-unsaturated/α-hetero) is 1. The fraction of sp³-hybridized carbons (Fsp3) is 0.391. The second-order valence-corrected chi connectivity index (χ2v) is 7.85. The van der Waals surface area contributed by atoms with Gasteiger partial charge in [-0.05, 0) is 24.0 Å². The lowest BCUT2D eigenvalue weighted by Crippen LogP contribution is -2.65. The van der Waals surface area contributed by atoms with Crippen LogP contribution in [0.25, 0.3) is 0 Å². The van der Waals surface area contributed by atoms with E-state index in [9.17, 15) is 9.59 Å². The van der Waals surface area contributed by atoms with Crippen molar-refractivity contribution in [2.24, 2.45) is 5.92 Å². The van der Waals surface area contributed by atoms with Crippen LogP contribution in [0.1, 0.15) is 29.9 Å². The number of likely N-dealkylation sites (N-methyl/N-ethyl adjacent to an activating group) is 1. The topological polar surface area (TPSA) is 40.6 Å². The van der Waals surface area contributed by atoms with Crippen LogP contribution in [-0.2, 0) is 9.59 Å². The zero-order valence-corrected chi connectivity index (χ0v) is 15.9. The normalized spacial score (nSPS) is 27.0. The van der Waals surface area contributed by atoms with Crippen LogP contribution in [0.4, 0.5) is 0 Å². The molecule has 0 aliphatic carbocycles. The number of rotatable bonds is 4. The Hall–Kier alpha value is -2.46. The number of carbonyl (C=O) groups excluding carboxylic acids is 2. The molecular formula is C23H26N2O2. The molecule has 0 N–H and O–H groups in total. The van der Waals surface area contributed by atoms with Gasteiger partial charge in [-0.15, -0.1) is 0 Å². The molecule has 0 radical (unpaired) electrons. The van der Waals surface area contributed by atoms with E-state index in [1.807, 2.05) is 36.4 Å². The molecule has 0 spiro atoms. The van der Waals surface area contributed by atoms with Crippen molar-refractivity contribution < 1.29 is 9.59 Å². The Bertz CT molecular complexity index is 779. The third-order valence-corrected chi connectivity index (χ3v) is 6.05. The van der Waals surface area contributed by atoms with Gasteiger partial charge in [0.1, 0.15) is 0 Å². The van der Waals surface area contributed by atoms with Crippen LogP contribution in [0.5, 0.6) is 0 Å². The number of hydrogen-bond acceptors (Lipinski definition) is 3. The zero-order valence-electron chi connectivity index (χ0n) is 15.9. The van der Waals surface area contributed by atoms with E-state index in [4.69, 9.17) is 0 Å². The Labute approximate surface area is 160 Å². The summed E-state index contributed by atoms with van der Waals surface area (Å²) in [5.74, 6) is 0.336. The van der Waals surface area contributed by atoms with E-state index < -0.39 is 0 Å². The second-order valence-electron chi connectivity index (χ2n) is 7.85. The summed E-state index contributed by atoms with van der Waals surface area (Å²) in [6.07, 6.45) is 1.52. The van der Waals surface area contributed by atoms with Crippen molar-refractivity contribution in [3.05, 3.63) is 71.8 Å². The van der Waals surface area contributed by atoms with Gasteiger partial charge in [0.15, 0.2) is 5.78 Å². The highest BCUT2D eigenvalue weighted by Gasteiger charge is 2.51. The number of fused-ring (bicyclic) bond motifs is 3. The molecule has 4 atom stereocenters. The maximum absolute atomic E-state index is 13.3. The standard InChI is InChI=1S/C23H26N2O2/c1-24(2)23(27)19-15-18-13-14-25(19)21(22(18)26)20(16-9-5-3-6-10-16)17-11-7-4-8-12-17/h3-12,18-21H,13-15H2,1-2H3/t18-,19-,21+/m1/s1. The van der Waals surface area contributed by atoms with E-state index in [1.54, 1.807) is 19.0 Å². The van der Waals surface area contributed by atoms with Crippen LogP contribution >= 0.6 is 0 Å². The number of amides is 1. The van der Waals surface area contributed by atoms with Crippen LogP contribution in [-0.4, -0.2) is 54.2 Å². The van der Waals surface area contributed by atoms with E-state index in [-0.39, 0.29) is 29.8 Å². The van der Waals surface area contributed by atoms with Gasteiger partial charge in [-0.1, -0.05) is 60.7 Å². The molecule has 3 heterocycles. The molecule has 3 aliphatic rings. The predicted molar refractivity (Wildman–Crippen MR) is 105 cm³/mol. The molecule has 3 fully saturated rings. The van der Waals surface area contributed by atoms with Crippen molar-refractivity contribution in [2.45, 2.75) is 30.8 Å². The summed E-state index contributed by atoms with van der Waals surface area (Å²) in [6.45, 7) is 0.807. The molecule has 140 valence electrons. The third-order valence-electron chi connectivity index (χ3n) is 6.05. The lowest BCUT2D eigenvalue weighted by Gasteiger charge is -2.51. The maximum Gasteiger partial charge on any atom is 0.239 e. The molecule has 3 aliphatic heterocycles. The lowest BCUT2D eigenvalue weighted by atomic mass is 9.70. The molecule has 5 rings (SSSR count). The lowest BCUT2D eigenvalue weighted by molar-refractivity contribution is -0.151. The zero-order chi connectivity index (χ0) is 19.0. The van der Waals surface area contributed by atoms with Crippen molar-refractivity contribution >= 4 is 11.7 Å². The Balaban J connectivity index is 1.79. The van der Waals surface area contributed by atoms with Crippen LogP contribution in [0.3, 0.4) is 0 Å². The molecule has 4 nitrogen and oxygen atoms in total. The number of carbonyl (C=O) groups is 2. The molecule has 1 amide bonds. The van der Waals surface area contributed by atoms with Crippen molar-refractivity contribution in [1.82, 2.24) is 9.80 Å². The first kappa shape index (κ1) is 17.9. The Morgan fingerprint density at radius 1 is 1.00 bits per heavy atom. The highest BCUT2D eigenvalue weighted by atomic mass is 16.2. The van der Waals surface area contributed by atoms with Gasteiger partial charge in [0.25, 0.3) is 0 Å². The Morgan fingerprint density at radius 3 is 2.07 bits per heavy atom. The molecule has 3 saturated heterocycles. The quantitative estimate of drug-likeness (QED) is 0.840. The number of ketones is 1. The molecule has 27 heavy (non-hydrogen) atoms. The van der Waals surface area contributed by atoms with E-state index in [0.29, 0.717) is 12.2 Å². The summed E-state index contributed by atoms with van der Waals surface area (Å²) in [7, 11) is 3.60. The highest BCUT2D eigenvalue weighted by Crippen LogP contribution is 2.42. The number of piperidine rings is 3. The van der Waals surface area contributed by atoms with Crippen molar-refractivity contribution in [2.75, 3.05) is 20.6 Å². The van der Waals surface area contributed by atoms with E-state index >= 15 is 0 Å². The summed E-state index contributed by atoms with van der Waals surface area (Å²) < 4.78 is 0. The maximum atomic E-state index is 13.3. The third kappa shape index (κ3) is 3.19. The minimum atomic E-state index is -0.281. The van der Waals surface area contributed by atoms with Gasteiger partial charge in [0.05, 0.1) is 12.1 Å². The van der Waals surface area contributed by atoms with Crippen LogP contribution in [0, 0.1) is 5.92 Å². The van der Waals surface area contributed by atoms with Gasteiger partial charge >= 0.3 is 0 Å². The monoisotopic (exact) mass is 362 g/mol. The molecular weight excluding hydrogens is 336 g/mol. The molecule has 2 bridgehead atoms. The predicted octanol–water partition coefficient (Wildman–Crippen LogP) is 2.94. The minimum absolute atomic E-state index is 0.0103. The Kier molecular flexibility index (Phi) is 4.83. The van der Waals surface area contributed by atoms with Crippen LogP contribution in [0.15, 0.2) is 60.7 Å². The molecule has 2 aromatic carbocycles. The van der Waals surface area contributed by atoms with Gasteiger partial charge in [0.2, 0.25) is 5.91 Å². The number of nitrogens with zero attached hydrogens (tertiary/aromatic N) is 2. The van der Waals surface area contributed by atoms with Crippen molar-refractivity contribution in [1.29, 1.82) is 0 Å². The molecule has 2 aromatic rings. The van der Waals surface area contributed by atoms with E-state index in [1.165, 1.54) is 0 Å². The van der Waals surface area contributed by atoms with Gasteiger partial charge in [0, 0.05) is 32.5 Å². The molecule has 0 saturated carbocycles. The van der Waals surface area contributed by atoms with E-state index in [0.717, 1.165) is 24.1 Å². The first-order valence-corrected chi connectivity index (χ1v) is 9.68. The minimum Gasteiger partial charge on any atom is -0.347 e. The van der Waals surface area contributed by atoms with Crippen molar-refractivity contribution in [3.63, 3.8) is 0 Å². The van der Waals surface area contributed by atoms with E-state index in [2.05, 4.69) is 29.2 Å². The first-order chi connectivity index (χ1) is 13.1. The smallest absolute Gasteiger partial charge is 0.239 e. The summed E-state index contributed by atoms with van der Waals surface area (Å²) in [6, 6.07) is 20.0. The molecule has 4 heteroatoms. The highest BCUT2D eigenvalue weighted by molar-refractivity contribution is 5.93. The second kappa shape index (κ2) is 7.28. The summed E-state index contributed by atoms with van der Waals surface area (Å²) >= 11 is 0. The first-order valence-electron chi connectivity index (χ1n) is 9.68. The largest absolute Gasteiger partial charge is 0.347 e. The van der Waals surface area contributed by atoms with Gasteiger partial charge < -0.3 is 4.90 Å². The molecule has 1 unspecified atom stereocenters. The summed E-state index contributed by atoms with van der Waals surface area (Å²) in [4.78, 5) is 30.0. The number of benzene rings is 2. The Morgan fingerprint density at radius 2 is 1.56 bits per heavy atom. The fourth-order valence-corrected chi connectivity index (χ4v) is 4.75. The summed E-state index contributed by atoms with van der Waals surface area (Å²) in [5.41, 5.74) is 2.26. The SMILES string of the molecule is CN(C)C(=O)[C@H]1C[C@H]2CCN1[C@@H](C(c1ccccc1)c1ccccc1)C2=O. The fourth-order valence-electron chi connectivity index (χ4n) is 4.75. The summed E-state index contributed by atoms with van der Waals surface area (Å²) in [5, 5.41) is 0. The average molecular weight is 362 g/mol. The van der Waals surface area contributed by atoms with Crippen LogP contribution < -0.4 is 0 Å². The van der Waals surface area contributed by atoms with Gasteiger partial charge in [-0.2, -0.15) is 0 Å². The average Bonchev–Trinajstić information content (AvgIpc) is 2.71. The van der Waals surface area contributed by atoms with Crippen molar-refractivity contribution in [3.8, 4) is 0 Å². The van der Waals surface area contributed by atoms with Gasteiger partial charge in [-0.3, -0.25) is 14.5 Å². The number of hydrogen-bond donors (Lipinski definition) is 0.